The van der Waals surface area contributed by atoms with Crippen LogP contribution in [0.2, 0.25) is 0 Å². The summed E-state index contributed by atoms with van der Waals surface area (Å²) in [5.41, 5.74) is 0. The number of phosphoric ester groups is 2. The van der Waals surface area contributed by atoms with Crippen LogP contribution in [-0.4, -0.2) is 96.7 Å². The zero-order valence-corrected chi connectivity index (χ0v) is 59.9. The molecule has 0 fully saturated rings. The molecule has 5 atom stereocenters. The van der Waals surface area contributed by atoms with Crippen LogP contribution in [0.3, 0.4) is 0 Å². The van der Waals surface area contributed by atoms with Crippen LogP contribution in [0.1, 0.15) is 331 Å². The average molecular weight is 1320 g/mol. The van der Waals surface area contributed by atoms with Gasteiger partial charge in [0.2, 0.25) is 0 Å². The van der Waals surface area contributed by atoms with E-state index in [2.05, 4.69) is 72.8 Å². The maximum absolute atomic E-state index is 13.0. The Morgan fingerprint density at radius 3 is 0.900 bits per heavy atom. The number of esters is 4. The van der Waals surface area contributed by atoms with E-state index >= 15 is 0 Å². The molecule has 0 heterocycles. The fraction of sp³-hybridized carbons (Fsp3) is 0.887. The van der Waals surface area contributed by atoms with Gasteiger partial charge in [-0.2, -0.15) is 0 Å². The van der Waals surface area contributed by atoms with Gasteiger partial charge in [0.15, 0.2) is 12.2 Å². The van der Waals surface area contributed by atoms with E-state index in [-0.39, 0.29) is 25.7 Å². The highest BCUT2D eigenvalue weighted by atomic mass is 31.2. The third kappa shape index (κ3) is 64.3. The molecule has 0 bridgehead atoms. The van der Waals surface area contributed by atoms with Gasteiger partial charge >= 0.3 is 39.5 Å². The number of hydrogen-bond donors (Lipinski definition) is 3. The summed E-state index contributed by atoms with van der Waals surface area (Å²) in [6, 6.07) is 0. The van der Waals surface area contributed by atoms with Crippen LogP contribution in [0.15, 0.2) is 24.3 Å². The van der Waals surface area contributed by atoms with Gasteiger partial charge in [-0.05, 0) is 69.1 Å². The second-order valence-electron chi connectivity index (χ2n) is 26.4. The zero-order valence-electron chi connectivity index (χ0n) is 58.1. The molecule has 3 N–H and O–H groups in total. The average Bonchev–Trinajstić information content (AvgIpc) is 3.71. The van der Waals surface area contributed by atoms with Gasteiger partial charge in [0, 0.05) is 25.7 Å². The van der Waals surface area contributed by atoms with Crippen LogP contribution in [0, 0.1) is 17.8 Å². The molecule has 3 unspecified atom stereocenters. The summed E-state index contributed by atoms with van der Waals surface area (Å²) in [6.07, 6.45) is 48.3. The fourth-order valence-corrected chi connectivity index (χ4v) is 11.8. The van der Waals surface area contributed by atoms with Gasteiger partial charge in [-0.3, -0.25) is 37.3 Å². The first kappa shape index (κ1) is 87.5. The topological polar surface area (TPSA) is 237 Å². The van der Waals surface area contributed by atoms with Gasteiger partial charge in [0.05, 0.1) is 26.4 Å². The summed E-state index contributed by atoms with van der Waals surface area (Å²) in [4.78, 5) is 72.5. The molecule has 17 nitrogen and oxygen atoms in total. The van der Waals surface area contributed by atoms with E-state index in [1.807, 2.05) is 0 Å². The number of rotatable bonds is 67. The summed E-state index contributed by atoms with van der Waals surface area (Å²) >= 11 is 0. The lowest BCUT2D eigenvalue weighted by Crippen LogP contribution is -2.30. The predicted octanol–water partition coefficient (Wildman–Crippen LogP) is 19.8. The van der Waals surface area contributed by atoms with Crippen molar-refractivity contribution in [3.05, 3.63) is 24.3 Å². The van der Waals surface area contributed by atoms with Crippen molar-refractivity contribution in [1.29, 1.82) is 0 Å². The third-order valence-electron chi connectivity index (χ3n) is 15.8. The molecule has 0 aliphatic rings. The molecule has 0 amide bonds. The Morgan fingerprint density at radius 1 is 0.344 bits per heavy atom. The predicted molar refractivity (Wildman–Crippen MR) is 363 cm³/mol. The lowest BCUT2D eigenvalue weighted by atomic mass is 10.0. The Bertz CT molecular complexity index is 1860. The van der Waals surface area contributed by atoms with E-state index in [0.717, 1.165) is 115 Å². The first-order valence-corrected chi connectivity index (χ1v) is 39.2. The molecule has 0 saturated heterocycles. The number of carbonyl (C=O) groups excluding carboxylic acids is 4. The minimum Gasteiger partial charge on any atom is -0.462 e. The van der Waals surface area contributed by atoms with Gasteiger partial charge in [-0.25, -0.2) is 9.13 Å². The van der Waals surface area contributed by atoms with Crippen LogP contribution in [0.5, 0.6) is 0 Å². The first-order valence-electron chi connectivity index (χ1n) is 36.2. The summed E-state index contributed by atoms with van der Waals surface area (Å²) in [5, 5.41) is 10.6. The molecular weight excluding hydrogens is 1190 g/mol. The minimum absolute atomic E-state index is 0.0845. The lowest BCUT2D eigenvalue weighted by Gasteiger charge is -2.21. The van der Waals surface area contributed by atoms with Gasteiger partial charge in [0.1, 0.15) is 19.3 Å². The summed E-state index contributed by atoms with van der Waals surface area (Å²) < 4.78 is 68.2. The van der Waals surface area contributed by atoms with Crippen molar-refractivity contribution in [2.24, 2.45) is 17.8 Å². The van der Waals surface area contributed by atoms with E-state index in [4.69, 9.17) is 37.0 Å². The van der Waals surface area contributed by atoms with Crippen LogP contribution in [0.25, 0.3) is 0 Å². The van der Waals surface area contributed by atoms with Gasteiger partial charge < -0.3 is 33.8 Å². The summed E-state index contributed by atoms with van der Waals surface area (Å²) in [6.45, 7) is 11.6. The Hall–Kier alpha value is -2.46. The number of carbonyl (C=O) groups is 4. The molecule has 0 radical (unpaired) electrons. The highest BCUT2D eigenvalue weighted by Gasteiger charge is 2.30. The Morgan fingerprint density at radius 2 is 0.600 bits per heavy atom. The molecular formula is C71H134O17P2. The van der Waals surface area contributed by atoms with Crippen LogP contribution in [0.4, 0.5) is 0 Å². The van der Waals surface area contributed by atoms with Gasteiger partial charge in [-0.15, -0.1) is 0 Å². The quantitative estimate of drug-likeness (QED) is 0.0169. The molecule has 0 spiro atoms. The maximum Gasteiger partial charge on any atom is 0.472 e. The lowest BCUT2D eigenvalue weighted by molar-refractivity contribution is -0.161. The second kappa shape index (κ2) is 61.4. The molecule has 0 aromatic heterocycles. The number of ether oxygens (including phenoxy) is 4. The Kier molecular flexibility index (Phi) is 59.7. The van der Waals surface area contributed by atoms with E-state index in [0.29, 0.717) is 37.5 Å². The molecule has 0 aliphatic carbocycles. The zero-order chi connectivity index (χ0) is 66.6. The first-order chi connectivity index (χ1) is 43.2. The van der Waals surface area contributed by atoms with Crippen LogP contribution >= 0.6 is 15.6 Å². The van der Waals surface area contributed by atoms with Crippen molar-refractivity contribution in [2.75, 3.05) is 39.6 Å². The van der Waals surface area contributed by atoms with Crippen molar-refractivity contribution in [1.82, 2.24) is 0 Å². The van der Waals surface area contributed by atoms with E-state index < -0.39 is 97.5 Å². The fourth-order valence-electron chi connectivity index (χ4n) is 10.2. The SMILES string of the molecule is CCCCCC/C=C\C=C/CCCCCCCC(=O)O[C@H](COC(=O)CCCCCCCCCCCCCCCC(C)C)COP(=O)(O)OCC(O)COP(=O)(O)OC[C@@H](COC(=O)CCCCCCCCCC(C)C)OC(=O)CCCCCCCCC(C)C. The molecule has 0 rings (SSSR count). The van der Waals surface area contributed by atoms with Crippen LogP contribution in [-0.2, 0) is 65.4 Å². The molecule has 90 heavy (non-hydrogen) atoms. The van der Waals surface area contributed by atoms with Crippen molar-refractivity contribution < 1.29 is 80.2 Å². The number of phosphoric acid groups is 2. The highest BCUT2D eigenvalue weighted by Crippen LogP contribution is 2.45. The van der Waals surface area contributed by atoms with Crippen molar-refractivity contribution in [3.63, 3.8) is 0 Å². The summed E-state index contributed by atoms with van der Waals surface area (Å²) in [5.74, 6) is -0.00123. The van der Waals surface area contributed by atoms with E-state index in [9.17, 15) is 43.2 Å². The standard InChI is InChI=1S/C71H134O17P2/c1-8-9-10-11-12-13-14-15-16-19-23-26-31-40-47-54-70(75)87-66(58-81-68(73)52-45-38-30-25-22-20-17-18-21-24-28-35-42-49-62(2)3)60-85-89(77,78)83-56-65(72)57-84-90(79,80)86-61-67(88-71(76)55-48-41-34-33-37-44-51-64(6)7)59-82-69(74)53-46-39-32-27-29-36-43-50-63(4)5/h13-16,62-67,72H,8-12,17-61H2,1-7H3,(H,77,78)(H,79,80)/b14-13-,16-15-/t65?,66-,67-/m1/s1. The molecule has 0 aromatic carbocycles. The monoisotopic (exact) mass is 1320 g/mol. The van der Waals surface area contributed by atoms with Crippen molar-refractivity contribution in [2.45, 2.75) is 349 Å². The largest absolute Gasteiger partial charge is 0.472 e. The maximum atomic E-state index is 13.0. The van der Waals surface area contributed by atoms with Gasteiger partial charge in [-0.1, -0.05) is 278 Å². The number of aliphatic hydroxyl groups is 1. The highest BCUT2D eigenvalue weighted by molar-refractivity contribution is 7.47. The molecule has 19 heteroatoms. The number of hydrogen-bond acceptors (Lipinski definition) is 15. The summed E-state index contributed by atoms with van der Waals surface area (Å²) in [7, 11) is -9.91. The Balaban J connectivity index is 5.26. The van der Waals surface area contributed by atoms with Gasteiger partial charge in [0.25, 0.3) is 0 Å². The van der Waals surface area contributed by atoms with Crippen LogP contribution < -0.4 is 0 Å². The molecule has 0 aliphatic heterocycles. The Labute approximate surface area is 548 Å². The van der Waals surface area contributed by atoms with E-state index in [1.54, 1.807) is 0 Å². The molecule has 0 saturated carbocycles. The molecule has 0 aromatic rings. The van der Waals surface area contributed by atoms with E-state index in [1.165, 1.54) is 122 Å². The van der Waals surface area contributed by atoms with Crippen molar-refractivity contribution in [3.8, 4) is 0 Å². The molecule has 530 valence electrons. The number of unbranched alkanes of at least 4 members (excludes halogenated alkanes) is 32. The normalized spacial score (nSPS) is 14.4. The third-order valence-corrected chi connectivity index (χ3v) is 17.7. The number of allylic oxidation sites excluding steroid dienone is 4. The van der Waals surface area contributed by atoms with Crippen molar-refractivity contribution >= 4 is 39.5 Å². The smallest absolute Gasteiger partial charge is 0.462 e. The second-order valence-corrected chi connectivity index (χ2v) is 29.3. The minimum atomic E-state index is -4.96. The number of aliphatic hydroxyl groups excluding tert-OH is 1.